The van der Waals surface area contributed by atoms with E-state index in [9.17, 15) is 9.90 Å². The molecular formula is C21H23N3O4S. The number of ether oxygens (including phenoxy) is 2. The van der Waals surface area contributed by atoms with Gasteiger partial charge in [0.25, 0.3) is 5.91 Å². The number of carbonyl (C=O) groups is 1. The first-order chi connectivity index (χ1) is 13.9. The highest BCUT2D eigenvalue weighted by Gasteiger charge is 2.30. The maximum atomic E-state index is 13.1. The van der Waals surface area contributed by atoms with E-state index in [-0.39, 0.29) is 11.7 Å². The second-order valence-corrected chi connectivity index (χ2v) is 6.82. The van der Waals surface area contributed by atoms with Crippen LogP contribution in [-0.2, 0) is 4.79 Å². The van der Waals surface area contributed by atoms with Gasteiger partial charge in [-0.1, -0.05) is 6.07 Å². The molecule has 1 aliphatic rings. The first kappa shape index (κ1) is 20.5. The lowest BCUT2D eigenvalue weighted by molar-refractivity contribution is -0.113. The quantitative estimate of drug-likeness (QED) is 0.541. The van der Waals surface area contributed by atoms with Gasteiger partial charge in [-0.05, 0) is 68.0 Å². The summed E-state index contributed by atoms with van der Waals surface area (Å²) in [5, 5.41) is 19.5. The Kier molecular flexibility index (Phi) is 6.23. The summed E-state index contributed by atoms with van der Waals surface area (Å²) in [5.74, 6) is 0.822. The summed E-state index contributed by atoms with van der Waals surface area (Å²) in [7, 11) is 1.59. The second-order valence-electron chi connectivity index (χ2n) is 6.41. The van der Waals surface area contributed by atoms with Crippen molar-refractivity contribution in [3.05, 3.63) is 59.3 Å². The molecule has 0 bridgehead atoms. The van der Waals surface area contributed by atoms with Crippen molar-refractivity contribution in [2.75, 3.05) is 19.0 Å². The Bertz CT molecular complexity index is 957. The summed E-state index contributed by atoms with van der Waals surface area (Å²) in [4.78, 5) is 13.1. The summed E-state index contributed by atoms with van der Waals surface area (Å²) >= 11 is 5.28. The largest absolute Gasteiger partial charge is 0.504 e. The van der Waals surface area contributed by atoms with Gasteiger partial charge < -0.3 is 30.5 Å². The van der Waals surface area contributed by atoms with Crippen LogP contribution in [-0.4, -0.2) is 29.8 Å². The fraction of sp³-hybridized carbons (Fsp3) is 0.238. The van der Waals surface area contributed by atoms with Gasteiger partial charge in [-0.25, -0.2) is 0 Å². The van der Waals surface area contributed by atoms with Crippen LogP contribution in [0.1, 0.15) is 25.5 Å². The van der Waals surface area contributed by atoms with Crippen molar-refractivity contribution in [2.24, 2.45) is 0 Å². The third-order valence-electron chi connectivity index (χ3n) is 4.48. The lowest BCUT2D eigenvalue weighted by atomic mass is 9.94. The molecule has 7 nitrogen and oxygen atoms in total. The molecule has 0 radical (unpaired) electrons. The molecule has 1 aliphatic heterocycles. The molecule has 152 valence electrons. The molecule has 3 rings (SSSR count). The Balaban J connectivity index is 1.93. The fourth-order valence-corrected chi connectivity index (χ4v) is 3.37. The predicted octanol–water partition coefficient (Wildman–Crippen LogP) is 3.23. The zero-order chi connectivity index (χ0) is 21.0. The number of hydrogen-bond acceptors (Lipinski definition) is 5. The van der Waals surface area contributed by atoms with E-state index in [1.165, 1.54) is 0 Å². The minimum atomic E-state index is -0.498. The number of thiocarbonyl (C=S) groups is 1. The van der Waals surface area contributed by atoms with Gasteiger partial charge in [-0.15, -0.1) is 0 Å². The minimum Gasteiger partial charge on any atom is -0.504 e. The van der Waals surface area contributed by atoms with Crippen molar-refractivity contribution in [1.29, 1.82) is 0 Å². The van der Waals surface area contributed by atoms with Gasteiger partial charge in [0.2, 0.25) is 0 Å². The molecule has 0 spiro atoms. The average Bonchev–Trinajstić information content (AvgIpc) is 2.69. The van der Waals surface area contributed by atoms with E-state index in [1.807, 2.05) is 6.92 Å². The lowest BCUT2D eigenvalue weighted by Gasteiger charge is -2.30. The number of nitrogens with one attached hydrogen (secondary N) is 3. The molecule has 29 heavy (non-hydrogen) atoms. The maximum Gasteiger partial charge on any atom is 0.255 e. The fourth-order valence-electron chi connectivity index (χ4n) is 3.10. The van der Waals surface area contributed by atoms with Gasteiger partial charge in [-0.2, -0.15) is 0 Å². The molecule has 1 atom stereocenters. The minimum absolute atomic E-state index is 0.0389. The van der Waals surface area contributed by atoms with Gasteiger partial charge in [0.15, 0.2) is 16.6 Å². The van der Waals surface area contributed by atoms with E-state index >= 15 is 0 Å². The summed E-state index contributed by atoms with van der Waals surface area (Å²) in [6, 6.07) is 11.6. The van der Waals surface area contributed by atoms with Crippen LogP contribution < -0.4 is 25.4 Å². The number of methoxy groups -OCH3 is 1. The Labute approximate surface area is 174 Å². The molecule has 0 fully saturated rings. The third kappa shape index (κ3) is 4.60. The van der Waals surface area contributed by atoms with Crippen LogP contribution in [0.3, 0.4) is 0 Å². The smallest absolute Gasteiger partial charge is 0.255 e. The molecule has 0 unspecified atom stereocenters. The number of aromatic hydroxyl groups is 1. The van der Waals surface area contributed by atoms with Crippen molar-refractivity contribution in [2.45, 2.75) is 19.9 Å². The molecular weight excluding hydrogens is 390 g/mol. The Hall–Kier alpha value is -3.26. The van der Waals surface area contributed by atoms with Crippen molar-refractivity contribution in [3.63, 3.8) is 0 Å². The first-order valence-corrected chi connectivity index (χ1v) is 9.53. The highest BCUT2D eigenvalue weighted by Crippen LogP contribution is 2.34. The summed E-state index contributed by atoms with van der Waals surface area (Å²) < 4.78 is 10.6. The van der Waals surface area contributed by atoms with Crippen LogP contribution in [0.15, 0.2) is 53.7 Å². The van der Waals surface area contributed by atoms with Crippen LogP contribution in [0.2, 0.25) is 0 Å². The third-order valence-corrected chi connectivity index (χ3v) is 4.70. The van der Waals surface area contributed by atoms with Gasteiger partial charge in [-0.3, -0.25) is 4.79 Å². The Morgan fingerprint density at radius 2 is 1.97 bits per heavy atom. The van der Waals surface area contributed by atoms with Gasteiger partial charge in [0, 0.05) is 11.4 Å². The molecule has 1 heterocycles. The number of phenols is 1. The van der Waals surface area contributed by atoms with Crippen molar-refractivity contribution in [1.82, 2.24) is 10.6 Å². The van der Waals surface area contributed by atoms with Gasteiger partial charge in [0.05, 0.1) is 25.3 Å². The zero-order valence-corrected chi connectivity index (χ0v) is 17.2. The monoisotopic (exact) mass is 413 g/mol. The van der Waals surface area contributed by atoms with E-state index < -0.39 is 6.04 Å². The standard InChI is InChI=1S/C21H23N3O4S/c1-4-28-17-11-13(5-10-16(17)25)19-18(12(2)22-21(29)24-19)20(26)23-14-6-8-15(27-3)9-7-14/h5-11,19,25H,4H2,1-3H3,(H,23,26)(H2,22,24,29)/t19-/m1/s1. The van der Waals surface area contributed by atoms with Crippen LogP contribution in [0.25, 0.3) is 0 Å². The number of amides is 1. The van der Waals surface area contributed by atoms with Crippen molar-refractivity contribution < 1.29 is 19.4 Å². The highest BCUT2D eigenvalue weighted by molar-refractivity contribution is 7.80. The van der Waals surface area contributed by atoms with E-state index in [2.05, 4.69) is 16.0 Å². The molecule has 4 N–H and O–H groups in total. The zero-order valence-electron chi connectivity index (χ0n) is 16.4. The summed E-state index contributed by atoms with van der Waals surface area (Å²) in [6.07, 6.45) is 0. The van der Waals surface area contributed by atoms with E-state index in [4.69, 9.17) is 21.7 Å². The number of phenolic OH excluding ortho intramolecular Hbond substituents is 1. The molecule has 8 heteroatoms. The van der Waals surface area contributed by atoms with E-state index in [0.29, 0.717) is 40.2 Å². The number of benzene rings is 2. The van der Waals surface area contributed by atoms with E-state index in [0.717, 1.165) is 5.56 Å². The van der Waals surface area contributed by atoms with E-state index in [1.54, 1.807) is 56.5 Å². The molecule has 2 aromatic carbocycles. The number of hydrogen-bond donors (Lipinski definition) is 4. The number of rotatable bonds is 6. The topological polar surface area (TPSA) is 91.9 Å². The summed E-state index contributed by atoms with van der Waals surface area (Å²) in [5.41, 5.74) is 2.52. The molecule has 0 saturated carbocycles. The van der Waals surface area contributed by atoms with Gasteiger partial charge in [0.1, 0.15) is 5.75 Å². The average molecular weight is 413 g/mol. The summed E-state index contributed by atoms with van der Waals surface area (Å²) in [6.45, 7) is 4.05. The number of carbonyl (C=O) groups excluding carboxylic acids is 1. The van der Waals surface area contributed by atoms with Gasteiger partial charge >= 0.3 is 0 Å². The molecule has 2 aromatic rings. The van der Waals surface area contributed by atoms with Crippen LogP contribution in [0, 0.1) is 0 Å². The van der Waals surface area contributed by atoms with Crippen LogP contribution >= 0.6 is 12.2 Å². The normalized spacial score (nSPS) is 16.0. The maximum absolute atomic E-state index is 13.1. The highest BCUT2D eigenvalue weighted by atomic mass is 32.1. The molecule has 1 amide bonds. The number of anilines is 1. The van der Waals surface area contributed by atoms with Crippen molar-refractivity contribution >= 4 is 28.9 Å². The second kappa shape index (κ2) is 8.83. The van der Waals surface area contributed by atoms with Crippen LogP contribution in [0.5, 0.6) is 17.2 Å². The SMILES string of the molecule is CCOc1cc([C@H]2NC(=S)NC(C)=C2C(=O)Nc2ccc(OC)cc2)ccc1O. The Morgan fingerprint density at radius 1 is 1.24 bits per heavy atom. The Morgan fingerprint density at radius 3 is 2.62 bits per heavy atom. The molecule has 0 saturated heterocycles. The van der Waals surface area contributed by atoms with Crippen molar-refractivity contribution in [3.8, 4) is 17.2 Å². The van der Waals surface area contributed by atoms with Crippen LogP contribution in [0.4, 0.5) is 5.69 Å². The molecule has 0 aromatic heterocycles. The number of allylic oxidation sites excluding steroid dienone is 1. The predicted molar refractivity (Wildman–Crippen MR) is 115 cm³/mol. The molecule has 0 aliphatic carbocycles. The lowest BCUT2D eigenvalue weighted by Crippen LogP contribution is -2.45. The first-order valence-electron chi connectivity index (χ1n) is 9.12.